The quantitative estimate of drug-likeness (QED) is 0.615. The molecule has 0 bridgehead atoms. The van der Waals surface area contributed by atoms with Gasteiger partial charge in [-0.25, -0.2) is 0 Å². The molecule has 0 spiro atoms. The molecule has 0 saturated carbocycles. The topological polar surface area (TPSA) is 108 Å². The van der Waals surface area contributed by atoms with Crippen LogP contribution >= 0.6 is 15.9 Å². The second-order valence-corrected chi connectivity index (χ2v) is 5.04. The van der Waals surface area contributed by atoms with Crippen LogP contribution in [0.5, 0.6) is 0 Å². The summed E-state index contributed by atoms with van der Waals surface area (Å²) in [7, 11) is 0. The van der Waals surface area contributed by atoms with E-state index in [1.165, 1.54) is 16.9 Å². The highest BCUT2D eigenvalue weighted by Gasteiger charge is 2.14. The molecule has 112 valence electrons. The molecular formula is C11H13BrN6O3. The maximum absolute atomic E-state index is 11.8. The van der Waals surface area contributed by atoms with Crippen LogP contribution in [-0.2, 0) is 24.4 Å². The van der Waals surface area contributed by atoms with E-state index in [1.807, 2.05) is 13.1 Å². The van der Waals surface area contributed by atoms with Crippen molar-refractivity contribution >= 4 is 27.7 Å². The molecule has 9 nitrogen and oxygen atoms in total. The third-order valence-electron chi connectivity index (χ3n) is 2.68. The third kappa shape index (κ3) is 3.88. The number of aryl methyl sites for hydroxylation is 1. The molecule has 21 heavy (non-hydrogen) atoms. The minimum atomic E-state index is -0.608. The lowest BCUT2D eigenvalue weighted by atomic mass is 10.4. The van der Waals surface area contributed by atoms with E-state index in [0.29, 0.717) is 0 Å². The highest BCUT2D eigenvalue weighted by atomic mass is 79.9. The van der Waals surface area contributed by atoms with Crippen LogP contribution in [0.1, 0.15) is 12.6 Å². The van der Waals surface area contributed by atoms with Crippen LogP contribution in [0.15, 0.2) is 22.9 Å². The first kappa shape index (κ1) is 15.2. The highest BCUT2D eigenvalue weighted by molar-refractivity contribution is 9.10. The molecule has 0 fully saturated rings. The molecule has 0 aromatic carbocycles. The number of nitrogens with one attached hydrogen (secondary N) is 1. The van der Waals surface area contributed by atoms with Gasteiger partial charge in [-0.15, -0.1) is 0 Å². The van der Waals surface area contributed by atoms with Gasteiger partial charge >= 0.3 is 5.82 Å². The number of aromatic nitrogens is 4. The lowest BCUT2D eigenvalue weighted by molar-refractivity contribution is -0.389. The van der Waals surface area contributed by atoms with Crippen LogP contribution in [-0.4, -0.2) is 30.4 Å². The summed E-state index contributed by atoms with van der Waals surface area (Å²) in [6.07, 6.45) is 3.22. The van der Waals surface area contributed by atoms with E-state index in [2.05, 4.69) is 31.4 Å². The van der Waals surface area contributed by atoms with Gasteiger partial charge < -0.3 is 15.4 Å². The average Bonchev–Trinajstić information content (AvgIpc) is 3.03. The summed E-state index contributed by atoms with van der Waals surface area (Å²) in [4.78, 5) is 21.6. The van der Waals surface area contributed by atoms with E-state index in [0.717, 1.165) is 16.7 Å². The number of carbonyl (C=O) groups excluding carboxylic acids is 1. The maximum Gasteiger partial charge on any atom is 0.389 e. The van der Waals surface area contributed by atoms with Crippen LogP contribution in [0.3, 0.4) is 0 Å². The Labute approximate surface area is 128 Å². The lowest BCUT2D eigenvalue weighted by Gasteiger charge is -2.02. The first-order valence-corrected chi connectivity index (χ1v) is 6.95. The van der Waals surface area contributed by atoms with Crippen molar-refractivity contribution in [1.29, 1.82) is 0 Å². The molecule has 2 aromatic heterocycles. The van der Waals surface area contributed by atoms with E-state index in [9.17, 15) is 14.9 Å². The molecule has 0 aliphatic rings. The number of nitrogens with zero attached hydrogens (tertiary/aromatic N) is 5. The van der Waals surface area contributed by atoms with Gasteiger partial charge in [0.15, 0.2) is 0 Å². The largest absolute Gasteiger partial charge is 0.389 e. The number of hydrogen-bond acceptors (Lipinski definition) is 5. The van der Waals surface area contributed by atoms with Crippen LogP contribution in [0.4, 0.5) is 5.82 Å². The van der Waals surface area contributed by atoms with Gasteiger partial charge in [0.05, 0.1) is 34.1 Å². The predicted molar refractivity (Wildman–Crippen MR) is 76.3 cm³/mol. The number of nitro groups is 1. The smallest absolute Gasteiger partial charge is 0.358 e. The Balaban J connectivity index is 1.89. The Morgan fingerprint density at radius 2 is 2.24 bits per heavy atom. The second kappa shape index (κ2) is 6.48. The lowest BCUT2D eigenvalue weighted by Crippen LogP contribution is -2.27. The van der Waals surface area contributed by atoms with Gasteiger partial charge in [0.1, 0.15) is 6.54 Å². The minimum Gasteiger partial charge on any atom is -0.358 e. The number of halogens is 1. The molecule has 0 aliphatic carbocycles. The predicted octanol–water partition coefficient (Wildman–Crippen LogP) is 1.09. The molecule has 10 heteroatoms. The fraction of sp³-hybridized carbons (Fsp3) is 0.364. The zero-order valence-electron chi connectivity index (χ0n) is 11.2. The molecule has 0 atom stereocenters. The van der Waals surface area contributed by atoms with Crippen molar-refractivity contribution in [3.63, 3.8) is 0 Å². The Bertz CT molecular complexity index is 665. The van der Waals surface area contributed by atoms with Gasteiger partial charge in [-0.2, -0.15) is 9.78 Å². The van der Waals surface area contributed by atoms with Gasteiger partial charge in [-0.05, 0) is 27.8 Å². The summed E-state index contributed by atoms with van der Waals surface area (Å²) in [5.41, 5.74) is 0.719. The fourth-order valence-electron chi connectivity index (χ4n) is 1.64. The van der Waals surface area contributed by atoms with Crippen molar-refractivity contribution in [2.45, 2.75) is 26.6 Å². The number of rotatable bonds is 6. The average molecular weight is 357 g/mol. The first-order valence-electron chi connectivity index (χ1n) is 6.16. The molecule has 0 saturated heterocycles. The van der Waals surface area contributed by atoms with Gasteiger partial charge in [-0.1, -0.05) is 0 Å². The summed E-state index contributed by atoms with van der Waals surface area (Å²) >= 11 is 3.37. The molecule has 0 aliphatic heterocycles. The third-order valence-corrected chi connectivity index (χ3v) is 3.35. The van der Waals surface area contributed by atoms with Crippen molar-refractivity contribution < 1.29 is 9.72 Å². The molecule has 2 rings (SSSR count). The molecule has 0 radical (unpaired) electrons. The summed E-state index contributed by atoms with van der Waals surface area (Å²) in [5, 5.41) is 21.1. The molecule has 2 aromatic rings. The molecular weight excluding hydrogens is 344 g/mol. The fourth-order valence-corrected chi connectivity index (χ4v) is 2.10. The number of amides is 1. The van der Waals surface area contributed by atoms with Crippen LogP contribution < -0.4 is 5.32 Å². The van der Waals surface area contributed by atoms with Crippen LogP contribution in [0, 0.1) is 10.1 Å². The van der Waals surface area contributed by atoms with E-state index in [-0.39, 0.29) is 24.8 Å². The summed E-state index contributed by atoms with van der Waals surface area (Å²) in [6.45, 7) is 2.89. The van der Waals surface area contributed by atoms with Crippen LogP contribution in [0.25, 0.3) is 0 Å². The summed E-state index contributed by atoms with van der Waals surface area (Å²) in [6, 6.07) is 1.24. The summed E-state index contributed by atoms with van der Waals surface area (Å²) in [5.74, 6) is -0.585. The number of hydrogen-bond donors (Lipinski definition) is 1. The summed E-state index contributed by atoms with van der Waals surface area (Å²) < 4.78 is 3.79. The highest BCUT2D eigenvalue weighted by Crippen LogP contribution is 2.14. The number of carbonyl (C=O) groups is 1. The normalized spacial score (nSPS) is 10.6. The van der Waals surface area contributed by atoms with Gasteiger partial charge in [0.2, 0.25) is 5.91 Å². The van der Waals surface area contributed by atoms with E-state index < -0.39 is 4.92 Å². The Hall–Kier alpha value is -2.23. The van der Waals surface area contributed by atoms with Crippen molar-refractivity contribution in [1.82, 2.24) is 24.9 Å². The SMILES string of the molecule is CCn1cc(Br)c(CNC(=O)Cn2ccc([N+](=O)[O-])n2)n1. The molecule has 1 N–H and O–H groups in total. The Morgan fingerprint density at radius 3 is 2.81 bits per heavy atom. The van der Waals surface area contributed by atoms with Crippen LogP contribution in [0.2, 0.25) is 0 Å². The zero-order valence-corrected chi connectivity index (χ0v) is 12.8. The standard InChI is InChI=1S/C11H13BrN6O3/c1-2-16-6-8(12)9(14-16)5-13-11(19)7-17-4-3-10(15-17)18(20)21/h3-4,6H,2,5,7H2,1H3,(H,13,19). The zero-order chi connectivity index (χ0) is 15.4. The minimum absolute atomic E-state index is 0.0834. The van der Waals surface area contributed by atoms with Gasteiger partial charge in [0.25, 0.3) is 0 Å². The van der Waals surface area contributed by atoms with E-state index in [4.69, 9.17) is 0 Å². The van der Waals surface area contributed by atoms with Gasteiger partial charge in [-0.3, -0.25) is 9.48 Å². The van der Waals surface area contributed by atoms with Crippen molar-refractivity contribution in [2.75, 3.05) is 0 Å². The van der Waals surface area contributed by atoms with E-state index >= 15 is 0 Å². The molecule has 1 amide bonds. The first-order chi connectivity index (χ1) is 9.99. The molecule has 0 unspecified atom stereocenters. The monoisotopic (exact) mass is 356 g/mol. The Morgan fingerprint density at radius 1 is 1.48 bits per heavy atom. The Kier molecular flexibility index (Phi) is 4.68. The second-order valence-electron chi connectivity index (χ2n) is 4.18. The van der Waals surface area contributed by atoms with Crippen molar-refractivity contribution in [3.8, 4) is 0 Å². The van der Waals surface area contributed by atoms with Crippen molar-refractivity contribution in [3.05, 3.63) is 38.7 Å². The maximum atomic E-state index is 11.8. The molecule has 2 heterocycles. The van der Waals surface area contributed by atoms with E-state index in [1.54, 1.807) is 4.68 Å². The van der Waals surface area contributed by atoms with Gasteiger partial charge in [0, 0.05) is 12.7 Å². The van der Waals surface area contributed by atoms with Crippen molar-refractivity contribution in [2.24, 2.45) is 0 Å².